The molecular formula is C14H20N2. The highest BCUT2D eigenvalue weighted by Gasteiger charge is 2.15. The van der Waals surface area contributed by atoms with Gasteiger partial charge in [-0.05, 0) is 49.3 Å². The van der Waals surface area contributed by atoms with Gasteiger partial charge in [-0.3, -0.25) is 11.3 Å². The van der Waals surface area contributed by atoms with Crippen LogP contribution in [0, 0.1) is 0 Å². The van der Waals surface area contributed by atoms with E-state index in [0.29, 0.717) is 0 Å². The first-order valence-electron chi connectivity index (χ1n) is 5.93. The van der Waals surface area contributed by atoms with Gasteiger partial charge >= 0.3 is 0 Å². The van der Waals surface area contributed by atoms with Crippen molar-refractivity contribution in [2.24, 2.45) is 5.84 Å². The lowest BCUT2D eigenvalue weighted by molar-refractivity contribution is 0.550. The Hall–Kier alpha value is -1.12. The first-order chi connectivity index (χ1) is 7.70. The number of hydrogen-bond acceptors (Lipinski definition) is 2. The quantitative estimate of drug-likeness (QED) is 0.461. The molecule has 3 N–H and O–H groups in total. The number of rotatable bonds is 4. The number of nitrogens with one attached hydrogen (secondary N) is 1. The van der Waals surface area contributed by atoms with Crippen LogP contribution in [0.25, 0.3) is 0 Å². The number of hydrogen-bond donors (Lipinski definition) is 2. The van der Waals surface area contributed by atoms with Crippen molar-refractivity contribution in [2.75, 3.05) is 0 Å². The SMILES string of the molecule is C=C(C)CC(NN)c1ccc2c(c1)CCC2. The van der Waals surface area contributed by atoms with Crippen molar-refractivity contribution in [1.82, 2.24) is 5.43 Å². The number of aryl methyl sites for hydroxylation is 2. The van der Waals surface area contributed by atoms with E-state index in [4.69, 9.17) is 5.84 Å². The van der Waals surface area contributed by atoms with Crippen LogP contribution in [0.3, 0.4) is 0 Å². The zero-order valence-electron chi connectivity index (χ0n) is 9.92. The van der Waals surface area contributed by atoms with Crippen LogP contribution in [-0.4, -0.2) is 0 Å². The van der Waals surface area contributed by atoms with Gasteiger partial charge in [-0.25, -0.2) is 0 Å². The Bertz CT molecular complexity index is 396. The Morgan fingerprint density at radius 1 is 1.44 bits per heavy atom. The van der Waals surface area contributed by atoms with Crippen LogP contribution in [0.15, 0.2) is 30.4 Å². The zero-order chi connectivity index (χ0) is 11.5. The number of hydrazine groups is 1. The average molecular weight is 216 g/mol. The van der Waals surface area contributed by atoms with E-state index in [-0.39, 0.29) is 6.04 Å². The van der Waals surface area contributed by atoms with Crippen molar-refractivity contribution in [2.45, 2.75) is 38.6 Å². The Morgan fingerprint density at radius 2 is 2.19 bits per heavy atom. The molecule has 1 aliphatic carbocycles. The van der Waals surface area contributed by atoms with Crippen LogP contribution in [0.1, 0.15) is 42.5 Å². The molecule has 0 aliphatic heterocycles. The van der Waals surface area contributed by atoms with E-state index in [0.717, 1.165) is 12.0 Å². The summed E-state index contributed by atoms with van der Waals surface area (Å²) in [4.78, 5) is 0. The maximum Gasteiger partial charge on any atom is 0.0496 e. The maximum absolute atomic E-state index is 5.61. The van der Waals surface area contributed by atoms with Gasteiger partial charge in [0.2, 0.25) is 0 Å². The molecule has 0 amide bonds. The summed E-state index contributed by atoms with van der Waals surface area (Å²) in [6.45, 7) is 5.98. The second-order valence-corrected chi connectivity index (χ2v) is 4.76. The molecule has 0 bridgehead atoms. The first kappa shape index (κ1) is 11.4. The molecule has 1 aromatic carbocycles. The van der Waals surface area contributed by atoms with E-state index in [1.54, 1.807) is 0 Å². The van der Waals surface area contributed by atoms with E-state index in [1.807, 2.05) is 6.92 Å². The van der Waals surface area contributed by atoms with Crippen LogP contribution in [0.5, 0.6) is 0 Å². The molecule has 2 heteroatoms. The highest BCUT2D eigenvalue weighted by Crippen LogP contribution is 2.27. The highest BCUT2D eigenvalue weighted by molar-refractivity contribution is 5.36. The zero-order valence-corrected chi connectivity index (χ0v) is 9.92. The molecule has 2 rings (SSSR count). The molecule has 0 spiro atoms. The lowest BCUT2D eigenvalue weighted by Crippen LogP contribution is -2.28. The minimum atomic E-state index is 0.198. The Labute approximate surface area is 97.5 Å². The standard InChI is InChI=1S/C14H20N2/c1-10(2)8-14(16-15)13-7-6-11-4-3-5-12(11)9-13/h6-7,9,14,16H,1,3-5,8,15H2,2H3. The smallest absolute Gasteiger partial charge is 0.0496 e. The molecule has 0 saturated carbocycles. The third-order valence-electron chi connectivity index (χ3n) is 3.28. The summed E-state index contributed by atoms with van der Waals surface area (Å²) in [5.41, 5.74) is 8.33. The van der Waals surface area contributed by atoms with E-state index < -0.39 is 0 Å². The minimum absolute atomic E-state index is 0.198. The number of fused-ring (bicyclic) bond motifs is 1. The van der Waals surface area contributed by atoms with Crippen molar-refractivity contribution >= 4 is 0 Å². The second-order valence-electron chi connectivity index (χ2n) is 4.76. The van der Waals surface area contributed by atoms with Crippen molar-refractivity contribution < 1.29 is 0 Å². The molecule has 2 nitrogen and oxygen atoms in total. The fourth-order valence-electron chi connectivity index (χ4n) is 2.43. The van der Waals surface area contributed by atoms with Crippen molar-refractivity contribution in [1.29, 1.82) is 0 Å². The third-order valence-corrected chi connectivity index (χ3v) is 3.28. The van der Waals surface area contributed by atoms with E-state index in [1.165, 1.54) is 36.0 Å². The maximum atomic E-state index is 5.61. The highest BCUT2D eigenvalue weighted by atomic mass is 15.2. The fraction of sp³-hybridized carbons (Fsp3) is 0.429. The molecule has 86 valence electrons. The summed E-state index contributed by atoms with van der Waals surface area (Å²) in [6, 6.07) is 6.94. The van der Waals surface area contributed by atoms with Crippen LogP contribution in [0.2, 0.25) is 0 Å². The lowest BCUT2D eigenvalue weighted by Gasteiger charge is -2.17. The fourth-order valence-corrected chi connectivity index (χ4v) is 2.43. The van der Waals surface area contributed by atoms with Gasteiger partial charge in [-0.1, -0.05) is 23.8 Å². The van der Waals surface area contributed by atoms with Crippen LogP contribution < -0.4 is 11.3 Å². The average Bonchev–Trinajstić information content (AvgIpc) is 2.72. The summed E-state index contributed by atoms with van der Waals surface area (Å²) in [5, 5.41) is 0. The van der Waals surface area contributed by atoms with Gasteiger partial charge < -0.3 is 0 Å². The first-order valence-corrected chi connectivity index (χ1v) is 5.93. The number of benzene rings is 1. The van der Waals surface area contributed by atoms with Gasteiger partial charge in [0, 0.05) is 6.04 Å². The van der Waals surface area contributed by atoms with Crippen molar-refractivity contribution in [3.05, 3.63) is 47.0 Å². The molecule has 0 heterocycles. The summed E-state index contributed by atoms with van der Waals surface area (Å²) >= 11 is 0. The Kier molecular flexibility index (Phi) is 3.42. The van der Waals surface area contributed by atoms with Crippen molar-refractivity contribution in [3.8, 4) is 0 Å². The molecule has 0 fully saturated rings. The van der Waals surface area contributed by atoms with E-state index >= 15 is 0 Å². The van der Waals surface area contributed by atoms with Crippen LogP contribution >= 0.6 is 0 Å². The lowest BCUT2D eigenvalue weighted by atomic mass is 9.97. The molecule has 0 saturated heterocycles. The molecule has 1 unspecified atom stereocenters. The minimum Gasteiger partial charge on any atom is -0.271 e. The van der Waals surface area contributed by atoms with Crippen molar-refractivity contribution in [3.63, 3.8) is 0 Å². The molecule has 1 aromatic rings. The second kappa shape index (κ2) is 4.81. The Morgan fingerprint density at radius 3 is 2.88 bits per heavy atom. The topological polar surface area (TPSA) is 38.0 Å². The summed E-state index contributed by atoms with van der Waals surface area (Å²) < 4.78 is 0. The molecular weight excluding hydrogens is 196 g/mol. The monoisotopic (exact) mass is 216 g/mol. The molecule has 16 heavy (non-hydrogen) atoms. The third kappa shape index (κ3) is 2.34. The summed E-state index contributed by atoms with van der Waals surface area (Å²) in [6.07, 6.45) is 4.64. The van der Waals surface area contributed by atoms with E-state index in [2.05, 4.69) is 30.2 Å². The molecule has 1 atom stereocenters. The number of nitrogens with two attached hydrogens (primary N) is 1. The predicted octanol–water partition coefficient (Wildman–Crippen LogP) is 2.65. The largest absolute Gasteiger partial charge is 0.271 e. The van der Waals surface area contributed by atoms with Gasteiger partial charge in [0.1, 0.15) is 0 Å². The van der Waals surface area contributed by atoms with Gasteiger partial charge in [0.25, 0.3) is 0 Å². The van der Waals surface area contributed by atoms with Gasteiger partial charge in [0.05, 0.1) is 0 Å². The van der Waals surface area contributed by atoms with Gasteiger partial charge in [-0.15, -0.1) is 6.58 Å². The molecule has 0 aromatic heterocycles. The predicted molar refractivity (Wildman–Crippen MR) is 68.0 cm³/mol. The van der Waals surface area contributed by atoms with E-state index in [9.17, 15) is 0 Å². The Balaban J connectivity index is 2.21. The van der Waals surface area contributed by atoms with Gasteiger partial charge in [0.15, 0.2) is 0 Å². The van der Waals surface area contributed by atoms with Crippen LogP contribution in [0.4, 0.5) is 0 Å². The molecule has 0 radical (unpaired) electrons. The molecule has 1 aliphatic rings. The summed E-state index contributed by atoms with van der Waals surface area (Å²) in [5.74, 6) is 5.61. The van der Waals surface area contributed by atoms with Crippen LogP contribution in [-0.2, 0) is 12.8 Å². The van der Waals surface area contributed by atoms with Gasteiger partial charge in [-0.2, -0.15) is 0 Å². The normalized spacial score (nSPS) is 15.9. The summed E-state index contributed by atoms with van der Waals surface area (Å²) in [7, 11) is 0.